The van der Waals surface area contributed by atoms with Crippen molar-refractivity contribution in [3.8, 4) is 11.3 Å². The molecule has 1 aliphatic heterocycles. The molecular weight excluding hydrogens is 395 g/mol. The molecule has 4 rings (SSSR count). The Balaban J connectivity index is 0.000000176. The van der Waals surface area contributed by atoms with Crippen molar-refractivity contribution in [3.63, 3.8) is 0 Å². The predicted molar refractivity (Wildman–Crippen MR) is 119 cm³/mol. The molecule has 0 bridgehead atoms. The second kappa shape index (κ2) is 11.0. The van der Waals surface area contributed by atoms with E-state index in [-0.39, 0.29) is 5.82 Å². The number of halogens is 1. The minimum Gasteiger partial charge on any atom is -0.366 e. The fourth-order valence-corrected chi connectivity index (χ4v) is 4.02. The van der Waals surface area contributed by atoms with Crippen molar-refractivity contribution in [2.24, 2.45) is 11.7 Å². The van der Waals surface area contributed by atoms with Crippen molar-refractivity contribution in [2.45, 2.75) is 44.6 Å². The molecule has 2 aromatic rings. The van der Waals surface area contributed by atoms with E-state index in [0.717, 1.165) is 38.8 Å². The molecule has 1 aliphatic carbocycles. The highest BCUT2D eigenvalue weighted by atomic mass is 19.1. The maximum absolute atomic E-state index is 13.0. The van der Waals surface area contributed by atoms with Gasteiger partial charge >= 0.3 is 0 Å². The first-order valence-corrected chi connectivity index (χ1v) is 10.9. The topological polar surface area (TPSA) is 88.3 Å². The van der Waals surface area contributed by atoms with Crippen LogP contribution in [0.1, 0.15) is 48.9 Å². The molecule has 3 N–H and O–H groups in total. The summed E-state index contributed by atoms with van der Waals surface area (Å²) in [7, 11) is 2.15. The van der Waals surface area contributed by atoms with E-state index >= 15 is 0 Å². The molecule has 2 heterocycles. The van der Waals surface area contributed by atoms with Gasteiger partial charge in [-0.05, 0) is 70.1 Å². The third-order valence-electron chi connectivity index (χ3n) is 5.96. The van der Waals surface area contributed by atoms with Gasteiger partial charge in [0.1, 0.15) is 5.82 Å². The Hall–Kier alpha value is -2.80. The van der Waals surface area contributed by atoms with Crippen LogP contribution in [0.3, 0.4) is 0 Å². The van der Waals surface area contributed by atoms with Crippen LogP contribution in [0.2, 0.25) is 0 Å². The molecule has 0 atom stereocenters. The number of rotatable bonds is 4. The maximum Gasteiger partial charge on any atom is 0.250 e. The highest BCUT2D eigenvalue weighted by Gasteiger charge is 2.25. The molecule has 7 heteroatoms. The molecule has 6 nitrogen and oxygen atoms in total. The van der Waals surface area contributed by atoms with E-state index in [1.54, 1.807) is 24.3 Å². The average Bonchev–Trinajstić information content (AvgIpc) is 3.31. The van der Waals surface area contributed by atoms with Crippen LogP contribution in [0.15, 0.2) is 42.6 Å². The zero-order chi connectivity index (χ0) is 22.2. The Morgan fingerprint density at radius 1 is 1.10 bits per heavy atom. The number of nitrogens with zero attached hydrogens (tertiary/aromatic N) is 2. The summed E-state index contributed by atoms with van der Waals surface area (Å²) < 4.78 is 13.0. The summed E-state index contributed by atoms with van der Waals surface area (Å²) in [5.74, 6) is -0.205. The van der Waals surface area contributed by atoms with Gasteiger partial charge in [-0.15, -0.1) is 0 Å². The van der Waals surface area contributed by atoms with Gasteiger partial charge in [-0.3, -0.25) is 14.6 Å². The number of pyridine rings is 1. The van der Waals surface area contributed by atoms with Gasteiger partial charge in [-0.1, -0.05) is 25.0 Å². The van der Waals surface area contributed by atoms with E-state index in [9.17, 15) is 14.0 Å². The number of likely N-dealkylation sites (tertiary alicyclic amines) is 1. The lowest BCUT2D eigenvalue weighted by Gasteiger charge is -2.30. The first-order chi connectivity index (χ1) is 14.9. The van der Waals surface area contributed by atoms with Crippen molar-refractivity contribution in [1.82, 2.24) is 15.2 Å². The number of hydrogen-bond donors (Lipinski definition) is 2. The van der Waals surface area contributed by atoms with E-state index in [0.29, 0.717) is 34.7 Å². The van der Waals surface area contributed by atoms with Crippen LogP contribution in [0.25, 0.3) is 11.3 Å². The predicted octanol–water partition coefficient (Wildman–Crippen LogP) is 3.37. The Kier molecular flexibility index (Phi) is 8.12. The summed E-state index contributed by atoms with van der Waals surface area (Å²) >= 11 is 0. The van der Waals surface area contributed by atoms with Crippen molar-refractivity contribution in [1.29, 1.82) is 0 Å². The Morgan fingerprint density at radius 3 is 2.39 bits per heavy atom. The summed E-state index contributed by atoms with van der Waals surface area (Å²) in [4.78, 5) is 29.1. The summed E-state index contributed by atoms with van der Waals surface area (Å²) in [5, 5.41) is 3.22. The van der Waals surface area contributed by atoms with Crippen LogP contribution in [0, 0.1) is 11.7 Å². The third-order valence-corrected chi connectivity index (χ3v) is 5.96. The number of benzene rings is 1. The van der Waals surface area contributed by atoms with Crippen molar-refractivity contribution >= 4 is 11.8 Å². The highest BCUT2D eigenvalue weighted by Crippen LogP contribution is 2.25. The molecule has 1 saturated carbocycles. The van der Waals surface area contributed by atoms with Gasteiger partial charge < -0.3 is 16.0 Å². The lowest BCUT2D eigenvalue weighted by molar-refractivity contribution is -0.125. The zero-order valence-electron chi connectivity index (χ0n) is 18.0. The minimum atomic E-state index is -0.529. The molecule has 166 valence electrons. The molecule has 2 fully saturated rings. The first kappa shape index (κ1) is 22.9. The molecular formula is C24H31FN4O2. The number of nitrogens with two attached hydrogens (primary N) is 1. The van der Waals surface area contributed by atoms with Gasteiger partial charge in [-0.25, -0.2) is 4.39 Å². The Labute approximate surface area is 183 Å². The fourth-order valence-electron chi connectivity index (χ4n) is 4.02. The number of aromatic nitrogens is 1. The maximum atomic E-state index is 13.0. The van der Waals surface area contributed by atoms with Gasteiger partial charge in [0, 0.05) is 23.7 Å². The quantitative estimate of drug-likeness (QED) is 0.785. The lowest BCUT2D eigenvalue weighted by atomic mass is 10.0. The molecule has 0 unspecified atom stereocenters. The number of carbonyl (C=O) groups excluding carboxylic acids is 2. The van der Waals surface area contributed by atoms with Crippen LogP contribution in [-0.2, 0) is 4.79 Å². The molecule has 2 amide bonds. The van der Waals surface area contributed by atoms with E-state index in [2.05, 4.69) is 22.2 Å². The fraction of sp³-hybridized carbons (Fsp3) is 0.458. The second-order valence-corrected chi connectivity index (χ2v) is 8.37. The lowest BCUT2D eigenvalue weighted by Crippen LogP contribution is -2.45. The molecule has 31 heavy (non-hydrogen) atoms. The van der Waals surface area contributed by atoms with Crippen LogP contribution in [0.5, 0.6) is 0 Å². The second-order valence-electron chi connectivity index (χ2n) is 8.37. The van der Waals surface area contributed by atoms with Crippen LogP contribution in [-0.4, -0.2) is 47.9 Å². The number of primary amides is 1. The van der Waals surface area contributed by atoms with Gasteiger partial charge in [0.15, 0.2) is 0 Å². The van der Waals surface area contributed by atoms with Crippen molar-refractivity contribution in [3.05, 3.63) is 54.0 Å². The van der Waals surface area contributed by atoms with Gasteiger partial charge in [-0.2, -0.15) is 0 Å². The largest absolute Gasteiger partial charge is 0.366 e. The third kappa shape index (κ3) is 6.85. The number of carbonyl (C=O) groups is 2. The average molecular weight is 427 g/mol. The smallest absolute Gasteiger partial charge is 0.250 e. The zero-order valence-corrected chi connectivity index (χ0v) is 18.0. The van der Waals surface area contributed by atoms with Gasteiger partial charge in [0.25, 0.3) is 0 Å². The molecule has 1 aromatic carbocycles. The number of amides is 2. The molecule has 1 saturated heterocycles. The van der Waals surface area contributed by atoms with Gasteiger partial charge in [0.05, 0.1) is 11.3 Å². The molecule has 1 aromatic heterocycles. The van der Waals surface area contributed by atoms with Crippen LogP contribution < -0.4 is 11.1 Å². The summed E-state index contributed by atoms with van der Waals surface area (Å²) in [6.07, 6.45) is 8.32. The van der Waals surface area contributed by atoms with Crippen LogP contribution in [0.4, 0.5) is 4.39 Å². The van der Waals surface area contributed by atoms with Crippen LogP contribution >= 0.6 is 0 Å². The summed E-state index contributed by atoms with van der Waals surface area (Å²) in [6.45, 7) is 2.24. The minimum absolute atomic E-state index is 0.321. The Bertz CT molecular complexity index is 873. The van der Waals surface area contributed by atoms with Gasteiger partial charge in [0.2, 0.25) is 11.8 Å². The van der Waals surface area contributed by atoms with E-state index in [4.69, 9.17) is 5.73 Å². The highest BCUT2D eigenvalue weighted by molar-refractivity contribution is 5.92. The molecule has 0 radical (unpaired) electrons. The van der Waals surface area contributed by atoms with E-state index < -0.39 is 5.91 Å². The first-order valence-electron chi connectivity index (χ1n) is 10.9. The van der Waals surface area contributed by atoms with Crippen molar-refractivity contribution in [2.75, 3.05) is 20.1 Å². The number of hydrogen-bond acceptors (Lipinski definition) is 4. The number of piperidine rings is 1. The standard InChI is InChI=1S/C12H9FN2O.C12H22N2O/c13-10-3-1-2-8(6-10)11-5-4-9(7-15-11)12(14)16;1-14-8-6-11(7-9-14)13-12(15)10-4-2-3-5-10/h1-7H,(H2,14,16);10-11H,2-9H2,1H3,(H,13,15). The number of nitrogens with one attached hydrogen (secondary N) is 1. The molecule has 0 spiro atoms. The molecule has 2 aliphatic rings. The monoisotopic (exact) mass is 426 g/mol. The summed E-state index contributed by atoms with van der Waals surface area (Å²) in [5.41, 5.74) is 6.69. The SMILES string of the molecule is CN1CCC(NC(=O)C2CCCC2)CC1.NC(=O)c1ccc(-c2cccc(F)c2)nc1. The normalized spacial score (nSPS) is 17.6. The Morgan fingerprint density at radius 2 is 1.81 bits per heavy atom. The van der Waals surface area contributed by atoms with Crippen molar-refractivity contribution < 1.29 is 14.0 Å². The van der Waals surface area contributed by atoms with E-state index in [1.807, 2.05) is 0 Å². The summed E-state index contributed by atoms with van der Waals surface area (Å²) in [6, 6.07) is 9.73. The van der Waals surface area contributed by atoms with E-state index in [1.165, 1.54) is 31.2 Å².